The van der Waals surface area contributed by atoms with Gasteiger partial charge in [-0.25, -0.2) is 0 Å². The van der Waals surface area contributed by atoms with E-state index in [1.54, 1.807) is 0 Å². The summed E-state index contributed by atoms with van der Waals surface area (Å²) in [6.45, 7) is 2.80. The Labute approximate surface area is 102 Å². The molecule has 0 unspecified atom stereocenters. The summed E-state index contributed by atoms with van der Waals surface area (Å²) in [4.78, 5) is 11.6. The molecule has 4 heteroatoms. The summed E-state index contributed by atoms with van der Waals surface area (Å²) in [6.07, 6.45) is 0.317. The Morgan fingerprint density at radius 3 is 2.71 bits per heavy atom. The number of carbonyl (C=O) groups excluding carboxylic acids is 1. The second-order valence-electron chi connectivity index (χ2n) is 3.66. The zero-order valence-corrected chi connectivity index (χ0v) is 10.1. The Kier molecular flexibility index (Phi) is 6.29. The molecule has 0 spiro atoms. The molecule has 94 valence electrons. The first-order valence-electron chi connectivity index (χ1n) is 5.80. The van der Waals surface area contributed by atoms with Gasteiger partial charge in [-0.3, -0.25) is 4.79 Å². The van der Waals surface area contributed by atoms with Gasteiger partial charge in [0.1, 0.15) is 0 Å². The number of aliphatic hydroxyl groups excluding tert-OH is 1. The number of hydrogen-bond donors (Lipinski definition) is 2. The first-order chi connectivity index (χ1) is 8.27. The molecule has 0 heterocycles. The Balaban J connectivity index is 2.44. The number of hydrogen-bond acceptors (Lipinski definition) is 3. The largest absolute Gasteiger partial charge is 0.394 e. The van der Waals surface area contributed by atoms with E-state index in [1.807, 2.05) is 37.3 Å². The molecule has 0 saturated heterocycles. The fraction of sp³-hybridized carbons (Fsp3) is 0.462. The van der Waals surface area contributed by atoms with E-state index in [-0.39, 0.29) is 18.6 Å². The predicted molar refractivity (Wildman–Crippen MR) is 65.5 cm³/mol. The van der Waals surface area contributed by atoms with Crippen LogP contribution in [0.25, 0.3) is 0 Å². The monoisotopic (exact) mass is 237 g/mol. The molecular formula is C13H19NO3. The van der Waals surface area contributed by atoms with Gasteiger partial charge >= 0.3 is 0 Å². The minimum atomic E-state index is -0.342. The molecule has 1 atom stereocenters. The van der Waals surface area contributed by atoms with E-state index in [1.165, 1.54) is 0 Å². The summed E-state index contributed by atoms with van der Waals surface area (Å²) >= 11 is 0. The van der Waals surface area contributed by atoms with Crippen LogP contribution in [0.1, 0.15) is 24.9 Å². The summed E-state index contributed by atoms with van der Waals surface area (Å²) in [6, 6.07) is 9.07. The predicted octanol–water partition coefficient (Wildman–Crippen LogP) is 1.26. The van der Waals surface area contributed by atoms with Crippen molar-refractivity contribution in [3.05, 3.63) is 35.9 Å². The molecule has 0 saturated carbocycles. The van der Waals surface area contributed by atoms with Crippen LogP contribution in [-0.2, 0) is 9.53 Å². The Hall–Kier alpha value is -1.39. The standard InChI is InChI=1S/C13H19NO3/c1-2-17-9-8-13(16)14-12(10-15)11-6-4-3-5-7-11/h3-7,12,15H,2,8-10H2,1H3,(H,14,16)/t12-/m0/s1. The highest BCUT2D eigenvalue weighted by Crippen LogP contribution is 2.11. The average Bonchev–Trinajstić information content (AvgIpc) is 2.37. The molecule has 0 aliphatic rings. The Morgan fingerprint density at radius 2 is 2.12 bits per heavy atom. The second kappa shape index (κ2) is 7.81. The third-order valence-corrected chi connectivity index (χ3v) is 2.40. The number of benzene rings is 1. The maximum atomic E-state index is 11.6. The molecule has 0 aromatic heterocycles. The zero-order valence-electron chi connectivity index (χ0n) is 10.1. The highest BCUT2D eigenvalue weighted by atomic mass is 16.5. The lowest BCUT2D eigenvalue weighted by atomic mass is 10.1. The number of aliphatic hydroxyl groups is 1. The van der Waals surface area contributed by atoms with E-state index < -0.39 is 0 Å². The molecule has 0 aliphatic heterocycles. The highest BCUT2D eigenvalue weighted by Gasteiger charge is 2.12. The van der Waals surface area contributed by atoms with Crippen LogP contribution < -0.4 is 5.32 Å². The number of nitrogens with one attached hydrogen (secondary N) is 1. The van der Waals surface area contributed by atoms with Gasteiger partial charge in [0, 0.05) is 13.0 Å². The minimum absolute atomic E-state index is 0.107. The summed E-state index contributed by atoms with van der Waals surface area (Å²) in [7, 11) is 0. The lowest BCUT2D eigenvalue weighted by Crippen LogP contribution is -2.31. The Morgan fingerprint density at radius 1 is 1.41 bits per heavy atom. The van der Waals surface area contributed by atoms with Crippen molar-refractivity contribution in [1.82, 2.24) is 5.32 Å². The van der Waals surface area contributed by atoms with Crippen LogP contribution in [0.15, 0.2) is 30.3 Å². The number of ether oxygens (including phenoxy) is 1. The molecule has 1 aromatic carbocycles. The van der Waals surface area contributed by atoms with Crippen LogP contribution in [0.4, 0.5) is 0 Å². The van der Waals surface area contributed by atoms with E-state index in [0.29, 0.717) is 19.6 Å². The maximum absolute atomic E-state index is 11.6. The van der Waals surface area contributed by atoms with Gasteiger partial charge in [-0.15, -0.1) is 0 Å². The van der Waals surface area contributed by atoms with Crippen molar-refractivity contribution in [2.45, 2.75) is 19.4 Å². The summed E-state index contributed by atoms with van der Waals surface area (Å²) in [5, 5.41) is 12.0. The van der Waals surface area contributed by atoms with Crippen molar-refractivity contribution in [1.29, 1.82) is 0 Å². The molecule has 17 heavy (non-hydrogen) atoms. The lowest BCUT2D eigenvalue weighted by molar-refractivity contribution is -0.123. The van der Waals surface area contributed by atoms with Gasteiger partial charge in [0.25, 0.3) is 0 Å². The fourth-order valence-corrected chi connectivity index (χ4v) is 1.50. The van der Waals surface area contributed by atoms with E-state index in [0.717, 1.165) is 5.56 Å². The van der Waals surface area contributed by atoms with Gasteiger partial charge in [0.15, 0.2) is 0 Å². The SMILES string of the molecule is CCOCCC(=O)N[C@@H](CO)c1ccccc1. The van der Waals surface area contributed by atoms with E-state index >= 15 is 0 Å². The molecule has 2 N–H and O–H groups in total. The van der Waals surface area contributed by atoms with Crippen LogP contribution in [0.2, 0.25) is 0 Å². The van der Waals surface area contributed by atoms with Crippen molar-refractivity contribution in [2.24, 2.45) is 0 Å². The summed E-state index contributed by atoms with van der Waals surface area (Å²) in [5.74, 6) is -0.110. The lowest BCUT2D eigenvalue weighted by Gasteiger charge is -2.16. The third-order valence-electron chi connectivity index (χ3n) is 2.40. The number of amides is 1. The molecule has 4 nitrogen and oxygen atoms in total. The first-order valence-corrected chi connectivity index (χ1v) is 5.80. The molecule has 1 aromatic rings. The van der Waals surface area contributed by atoms with Crippen molar-refractivity contribution in [3.63, 3.8) is 0 Å². The molecule has 0 aliphatic carbocycles. The van der Waals surface area contributed by atoms with Crippen LogP contribution in [0.5, 0.6) is 0 Å². The van der Waals surface area contributed by atoms with Gasteiger partial charge in [0.2, 0.25) is 5.91 Å². The van der Waals surface area contributed by atoms with Crippen molar-refractivity contribution < 1.29 is 14.6 Å². The van der Waals surface area contributed by atoms with Crippen LogP contribution in [-0.4, -0.2) is 30.8 Å². The Bertz CT molecular complexity index is 327. The van der Waals surface area contributed by atoms with E-state index in [2.05, 4.69) is 5.32 Å². The van der Waals surface area contributed by atoms with Crippen molar-refractivity contribution in [3.8, 4) is 0 Å². The topological polar surface area (TPSA) is 58.6 Å². The smallest absolute Gasteiger partial charge is 0.222 e. The van der Waals surface area contributed by atoms with Gasteiger partial charge < -0.3 is 15.2 Å². The number of rotatable bonds is 7. The zero-order chi connectivity index (χ0) is 12.5. The second-order valence-corrected chi connectivity index (χ2v) is 3.66. The van der Waals surface area contributed by atoms with Gasteiger partial charge in [0.05, 0.1) is 19.3 Å². The molecule has 0 fully saturated rings. The summed E-state index contributed by atoms with van der Waals surface area (Å²) in [5.41, 5.74) is 0.903. The van der Waals surface area contributed by atoms with Gasteiger partial charge in [-0.1, -0.05) is 30.3 Å². The third kappa shape index (κ3) is 4.97. The van der Waals surface area contributed by atoms with Crippen LogP contribution in [0, 0.1) is 0 Å². The fourth-order valence-electron chi connectivity index (χ4n) is 1.50. The van der Waals surface area contributed by atoms with Gasteiger partial charge in [-0.2, -0.15) is 0 Å². The summed E-state index contributed by atoms with van der Waals surface area (Å²) < 4.78 is 5.10. The first kappa shape index (κ1) is 13.7. The molecule has 1 amide bonds. The van der Waals surface area contributed by atoms with E-state index in [4.69, 9.17) is 4.74 Å². The minimum Gasteiger partial charge on any atom is -0.394 e. The average molecular weight is 237 g/mol. The molecule has 1 rings (SSSR count). The van der Waals surface area contributed by atoms with Gasteiger partial charge in [-0.05, 0) is 12.5 Å². The van der Waals surface area contributed by atoms with Crippen LogP contribution >= 0.6 is 0 Å². The van der Waals surface area contributed by atoms with E-state index in [9.17, 15) is 9.90 Å². The number of carbonyl (C=O) groups is 1. The quantitative estimate of drug-likeness (QED) is 0.702. The highest BCUT2D eigenvalue weighted by molar-refractivity contribution is 5.76. The molecule has 0 radical (unpaired) electrons. The molecular weight excluding hydrogens is 218 g/mol. The maximum Gasteiger partial charge on any atom is 0.222 e. The van der Waals surface area contributed by atoms with Crippen molar-refractivity contribution in [2.75, 3.05) is 19.8 Å². The van der Waals surface area contributed by atoms with Crippen LogP contribution in [0.3, 0.4) is 0 Å². The molecule has 0 bridgehead atoms. The van der Waals surface area contributed by atoms with Crippen molar-refractivity contribution >= 4 is 5.91 Å². The normalized spacial score (nSPS) is 12.1.